The SMILES string of the molecule is Nc1ncnc2sc3c(c12)CCN(Cc1ccc2c(c1)CNCC2)C3. The Balaban J connectivity index is 1.39. The van der Waals surface area contributed by atoms with Crippen LogP contribution >= 0.6 is 11.3 Å². The molecule has 3 aromatic rings. The summed E-state index contributed by atoms with van der Waals surface area (Å²) in [5.74, 6) is 0.623. The predicted octanol–water partition coefficient (Wildman–Crippen LogP) is 2.48. The minimum absolute atomic E-state index is 0.623. The molecule has 0 bridgehead atoms. The molecule has 5 nitrogen and oxygen atoms in total. The Bertz CT molecular complexity index is 948. The van der Waals surface area contributed by atoms with Crippen LogP contribution in [0.3, 0.4) is 0 Å². The Hall–Kier alpha value is -2.02. The van der Waals surface area contributed by atoms with E-state index >= 15 is 0 Å². The number of rotatable bonds is 2. The third-order valence-electron chi connectivity index (χ3n) is 5.31. The molecule has 0 spiro atoms. The summed E-state index contributed by atoms with van der Waals surface area (Å²) in [7, 11) is 0. The molecule has 0 fully saturated rings. The number of fused-ring (bicyclic) bond motifs is 4. The van der Waals surface area contributed by atoms with Crippen molar-refractivity contribution in [1.82, 2.24) is 20.2 Å². The van der Waals surface area contributed by atoms with E-state index in [0.717, 1.165) is 55.8 Å². The summed E-state index contributed by atoms with van der Waals surface area (Å²) in [5.41, 5.74) is 11.8. The second-order valence-electron chi connectivity index (χ2n) is 6.93. The van der Waals surface area contributed by atoms with Gasteiger partial charge in [0.1, 0.15) is 17.0 Å². The second kappa shape index (κ2) is 6.05. The van der Waals surface area contributed by atoms with E-state index in [1.54, 1.807) is 17.7 Å². The van der Waals surface area contributed by atoms with Crippen molar-refractivity contribution in [2.75, 3.05) is 18.8 Å². The predicted molar refractivity (Wildman–Crippen MR) is 101 cm³/mol. The maximum atomic E-state index is 6.08. The molecule has 6 heteroatoms. The summed E-state index contributed by atoms with van der Waals surface area (Å²) in [6.07, 6.45) is 3.74. The van der Waals surface area contributed by atoms with Gasteiger partial charge in [0.15, 0.2) is 0 Å². The van der Waals surface area contributed by atoms with Crippen molar-refractivity contribution in [3.8, 4) is 0 Å². The van der Waals surface area contributed by atoms with Crippen molar-refractivity contribution < 1.29 is 0 Å². The zero-order valence-corrected chi connectivity index (χ0v) is 14.9. The largest absolute Gasteiger partial charge is 0.383 e. The average Bonchev–Trinajstić information content (AvgIpc) is 3.00. The Labute approximate surface area is 150 Å². The van der Waals surface area contributed by atoms with E-state index in [-0.39, 0.29) is 0 Å². The van der Waals surface area contributed by atoms with Crippen LogP contribution in [0.25, 0.3) is 10.2 Å². The van der Waals surface area contributed by atoms with Gasteiger partial charge in [-0.15, -0.1) is 11.3 Å². The normalized spacial score (nSPS) is 17.4. The zero-order chi connectivity index (χ0) is 16.8. The fourth-order valence-corrected chi connectivity index (χ4v) is 5.27. The maximum absolute atomic E-state index is 6.08. The van der Waals surface area contributed by atoms with Gasteiger partial charge >= 0.3 is 0 Å². The second-order valence-corrected chi connectivity index (χ2v) is 8.02. The molecule has 4 heterocycles. The van der Waals surface area contributed by atoms with Crippen LogP contribution in [-0.2, 0) is 32.5 Å². The molecular formula is C19H21N5S. The molecule has 2 aliphatic heterocycles. The number of thiophene rings is 1. The number of anilines is 1. The van der Waals surface area contributed by atoms with Crippen molar-refractivity contribution in [3.63, 3.8) is 0 Å². The highest BCUT2D eigenvalue weighted by molar-refractivity contribution is 7.18. The highest BCUT2D eigenvalue weighted by Crippen LogP contribution is 2.36. The number of hydrogen-bond donors (Lipinski definition) is 2. The van der Waals surface area contributed by atoms with Crippen LogP contribution in [-0.4, -0.2) is 28.0 Å². The number of benzene rings is 1. The number of nitrogen functional groups attached to an aromatic ring is 1. The number of aromatic nitrogens is 2. The van der Waals surface area contributed by atoms with Crippen molar-refractivity contribution in [2.45, 2.75) is 32.5 Å². The number of hydrogen-bond acceptors (Lipinski definition) is 6. The van der Waals surface area contributed by atoms with Gasteiger partial charge in [0.05, 0.1) is 5.39 Å². The van der Waals surface area contributed by atoms with E-state index in [9.17, 15) is 0 Å². The molecule has 2 aromatic heterocycles. The van der Waals surface area contributed by atoms with Gasteiger partial charge in [-0.2, -0.15) is 0 Å². The zero-order valence-electron chi connectivity index (χ0n) is 14.1. The molecule has 0 atom stereocenters. The van der Waals surface area contributed by atoms with Crippen LogP contribution in [0.5, 0.6) is 0 Å². The molecule has 1 aromatic carbocycles. The van der Waals surface area contributed by atoms with Crippen LogP contribution in [0.4, 0.5) is 5.82 Å². The maximum Gasteiger partial charge on any atom is 0.135 e. The van der Waals surface area contributed by atoms with E-state index < -0.39 is 0 Å². The molecule has 2 aliphatic rings. The number of nitrogens with zero attached hydrogens (tertiary/aromatic N) is 3. The van der Waals surface area contributed by atoms with Crippen LogP contribution in [0, 0.1) is 0 Å². The van der Waals surface area contributed by atoms with E-state index in [4.69, 9.17) is 5.73 Å². The summed E-state index contributed by atoms with van der Waals surface area (Å²) in [6.45, 7) is 5.14. The minimum Gasteiger partial charge on any atom is -0.383 e. The monoisotopic (exact) mass is 351 g/mol. The van der Waals surface area contributed by atoms with Crippen LogP contribution in [0.15, 0.2) is 24.5 Å². The lowest BCUT2D eigenvalue weighted by molar-refractivity contribution is 0.249. The van der Waals surface area contributed by atoms with Gasteiger partial charge in [0.25, 0.3) is 0 Å². The summed E-state index contributed by atoms with van der Waals surface area (Å²) in [5, 5.41) is 4.55. The summed E-state index contributed by atoms with van der Waals surface area (Å²) in [6, 6.07) is 7.00. The summed E-state index contributed by atoms with van der Waals surface area (Å²) >= 11 is 1.77. The Kier molecular flexibility index (Phi) is 3.69. The lowest BCUT2D eigenvalue weighted by Gasteiger charge is -2.27. The quantitative estimate of drug-likeness (QED) is 0.742. The van der Waals surface area contributed by atoms with E-state index in [2.05, 4.69) is 38.4 Å². The Morgan fingerprint density at radius 3 is 3.12 bits per heavy atom. The smallest absolute Gasteiger partial charge is 0.135 e. The Morgan fingerprint density at radius 1 is 1.20 bits per heavy atom. The van der Waals surface area contributed by atoms with Crippen LogP contribution in [0.1, 0.15) is 27.1 Å². The molecular weight excluding hydrogens is 330 g/mol. The topological polar surface area (TPSA) is 67.1 Å². The Morgan fingerprint density at radius 2 is 2.16 bits per heavy atom. The first-order valence-corrected chi connectivity index (χ1v) is 9.64. The molecule has 5 rings (SSSR count). The van der Waals surface area contributed by atoms with Crippen LogP contribution in [0.2, 0.25) is 0 Å². The molecule has 0 saturated heterocycles. The van der Waals surface area contributed by atoms with Crippen molar-refractivity contribution in [1.29, 1.82) is 0 Å². The lowest BCUT2D eigenvalue weighted by atomic mass is 9.98. The standard InChI is InChI=1S/C19H21N5S/c20-18-17-15-4-6-24(10-16(15)25-19(17)23-11-22-18)9-12-1-2-13-3-5-21-8-14(13)7-12/h1-2,7,11,21H,3-6,8-10H2,(H2,20,22,23). The lowest BCUT2D eigenvalue weighted by Crippen LogP contribution is -2.29. The summed E-state index contributed by atoms with van der Waals surface area (Å²) < 4.78 is 0. The van der Waals surface area contributed by atoms with E-state index in [1.807, 2.05) is 0 Å². The van der Waals surface area contributed by atoms with Gasteiger partial charge in [-0.1, -0.05) is 18.2 Å². The first-order chi connectivity index (χ1) is 12.3. The highest BCUT2D eigenvalue weighted by Gasteiger charge is 2.23. The fourth-order valence-electron chi connectivity index (χ4n) is 4.03. The van der Waals surface area contributed by atoms with Gasteiger partial charge in [0, 0.05) is 31.1 Å². The van der Waals surface area contributed by atoms with Crippen molar-refractivity contribution in [2.24, 2.45) is 0 Å². The van der Waals surface area contributed by atoms with Gasteiger partial charge in [-0.3, -0.25) is 4.90 Å². The highest BCUT2D eigenvalue weighted by atomic mass is 32.1. The molecule has 0 amide bonds. The fraction of sp³-hybridized carbons (Fsp3) is 0.368. The molecule has 25 heavy (non-hydrogen) atoms. The molecule has 3 N–H and O–H groups in total. The van der Waals surface area contributed by atoms with Gasteiger partial charge in [-0.05, 0) is 41.6 Å². The molecule has 0 saturated carbocycles. The van der Waals surface area contributed by atoms with Crippen molar-refractivity contribution >= 4 is 27.4 Å². The molecule has 0 unspecified atom stereocenters. The number of nitrogens with two attached hydrogens (primary N) is 1. The first-order valence-electron chi connectivity index (χ1n) is 8.82. The molecule has 0 aliphatic carbocycles. The van der Waals surface area contributed by atoms with E-state index in [0.29, 0.717) is 5.82 Å². The third kappa shape index (κ3) is 2.70. The number of nitrogens with one attached hydrogen (secondary N) is 1. The van der Waals surface area contributed by atoms with E-state index in [1.165, 1.54) is 27.1 Å². The van der Waals surface area contributed by atoms with Gasteiger partial charge in [0.2, 0.25) is 0 Å². The molecule has 0 radical (unpaired) electrons. The van der Waals surface area contributed by atoms with Crippen molar-refractivity contribution in [3.05, 3.63) is 51.7 Å². The first kappa shape index (κ1) is 15.3. The van der Waals surface area contributed by atoms with Crippen LogP contribution < -0.4 is 11.1 Å². The molecule has 128 valence electrons. The average molecular weight is 351 g/mol. The third-order valence-corrected chi connectivity index (χ3v) is 6.43. The minimum atomic E-state index is 0.623. The summed E-state index contributed by atoms with van der Waals surface area (Å²) in [4.78, 5) is 13.5. The van der Waals surface area contributed by atoms with Gasteiger partial charge < -0.3 is 11.1 Å². The van der Waals surface area contributed by atoms with Gasteiger partial charge in [-0.25, -0.2) is 9.97 Å².